The SMILES string of the molecule is BrN1NC=C(c2ccccc2)O1. The monoisotopic (exact) mass is 226 g/mol. The van der Waals surface area contributed by atoms with E-state index in [1.807, 2.05) is 30.3 Å². The quantitative estimate of drug-likeness (QED) is 0.743. The van der Waals surface area contributed by atoms with Crippen LogP contribution in [-0.4, -0.2) is 4.20 Å². The minimum absolute atomic E-state index is 0.799. The highest BCUT2D eigenvalue weighted by molar-refractivity contribution is 9.07. The Morgan fingerprint density at radius 2 is 2.00 bits per heavy atom. The first-order valence-electron chi connectivity index (χ1n) is 3.52. The van der Waals surface area contributed by atoms with Crippen molar-refractivity contribution in [1.82, 2.24) is 9.62 Å². The summed E-state index contributed by atoms with van der Waals surface area (Å²) in [6.45, 7) is 0. The molecule has 1 heterocycles. The van der Waals surface area contributed by atoms with Crippen LogP contribution in [0.15, 0.2) is 36.5 Å². The Morgan fingerprint density at radius 3 is 2.58 bits per heavy atom. The summed E-state index contributed by atoms with van der Waals surface area (Å²) < 4.78 is 1.37. The largest absolute Gasteiger partial charge is 0.373 e. The van der Waals surface area contributed by atoms with Gasteiger partial charge in [-0.15, -0.1) is 0 Å². The van der Waals surface area contributed by atoms with Gasteiger partial charge in [-0.2, -0.15) is 0 Å². The highest BCUT2D eigenvalue weighted by atomic mass is 79.9. The number of nitrogens with zero attached hydrogens (tertiary/aromatic N) is 1. The van der Waals surface area contributed by atoms with Gasteiger partial charge in [0.25, 0.3) is 0 Å². The van der Waals surface area contributed by atoms with Crippen LogP contribution in [0.2, 0.25) is 0 Å². The summed E-state index contributed by atoms with van der Waals surface area (Å²) in [4.78, 5) is 5.25. The Hall–Kier alpha value is -1.00. The van der Waals surface area contributed by atoms with Gasteiger partial charge in [0.15, 0.2) is 5.76 Å². The number of nitrogens with one attached hydrogen (secondary N) is 1. The van der Waals surface area contributed by atoms with E-state index in [1.54, 1.807) is 6.20 Å². The van der Waals surface area contributed by atoms with Gasteiger partial charge in [0.05, 0.1) is 22.3 Å². The van der Waals surface area contributed by atoms with E-state index in [-0.39, 0.29) is 0 Å². The topological polar surface area (TPSA) is 24.5 Å². The van der Waals surface area contributed by atoms with Crippen molar-refractivity contribution < 1.29 is 4.84 Å². The van der Waals surface area contributed by atoms with Gasteiger partial charge in [-0.25, -0.2) is 0 Å². The average Bonchev–Trinajstić information content (AvgIpc) is 2.54. The molecule has 0 atom stereocenters. The zero-order valence-electron chi connectivity index (χ0n) is 6.20. The number of hydrazine groups is 1. The maximum Gasteiger partial charge on any atom is 0.175 e. The molecule has 62 valence electrons. The van der Waals surface area contributed by atoms with Crippen molar-refractivity contribution in [2.24, 2.45) is 0 Å². The van der Waals surface area contributed by atoms with Crippen molar-refractivity contribution in [2.75, 3.05) is 0 Å². The third-order valence-corrected chi connectivity index (χ3v) is 1.88. The third kappa shape index (κ3) is 1.44. The van der Waals surface area contributed by atoms with Crippen LogP contribution in [0.5, 0.6) is 0 Å². The fourth-order valence-electron chi connectivity index (χ4n) is 0.987. The van der Waals surface area contributed by atoms with E-state index >= 15 is 0 Å². The van der Waals surface area contributed by atoms with Crippen LogP contribution in [0.1, 0.15) is 5.56 Å². The first kappa shape index (κ1) is 7.64. The summed E-state index contributed by atoms with van der Waals surface area (Å²) in [6, 6.07) is 9.88. The molecule has 1 N–H and O–H groups in total. The highest BCUT2D eigenvalue weighted by Crippen LogP contribution is 2.20. The van der Waals surface area contributed by atoms with Crippen LogP contribution >= 0.6 is 16.1 Å². The molecule has 0 amide bonds. The molecule has 0 radical (unpaired) electrons. The number of hydrogen-bond donors (Lipinski definition) is 1. The molecule has 12 heavy (non-hydrogen) atoms. The minimum Gasteiger partial charge on any atom is -0.373 e. The lowest BCUT2D eigenvalue weighted by atomic mass is 10.2. The molecular formula is C8H7BrN2O. The summed E-state index contributed by atoms with van der Waals surface area (Å²) in [6.07, 6.45) is 1.78. The van der Waals surface area contributed by atoms with Crippen molar-refractivity contribution in [2.45, 2.75) is 0 Å². The third-order valence-electron chi connectivity index (χ3n) is 1.53. The number of benzene rings is 1. The van der Waals surface area contributed by atoms with Crippen molar-refractivity contribution in [3.05, 3.63) is 42.1 Å². The molecule has 0 saturated heterocycles. The summed E-state index contributed by atoms with van der Waals surface area (Å²) in [7, 11) is 0. The van der Waals surface area contributed by atoms with E-state index in [9.17, 15) is 0 Å². The van der Waals surface area contributed by atoms with E-state index in [1.165, 1.54) is 4.20 Å². The molecule has 0 unspecified atom stereocenters. The average molecular weight is 227 g/mol. The predicted molar refractivity (Wildman–Crippen MR) is 49.4 cm³/mol. The summed E-state index contributed by atoms with van der Waals surface area (Å²) >= 11 is 3.12. The number of halogens is 1. The van der Waals surface area contributed by atoms with E-state index in [4.69, 9.17) is 4.84 Å². The van der Waals surface area contributed by atoms with Gasteiger partial charge < -0.3 is 4.84 Å². The second-order valence-corrected chi connectivity index (χ2v) is 2.98. The first-order chi connectivity index (χ1) is 5.86. The van der Waals surface area contributed by atoms with Crippen LogP contribution in [0, 0.1) is 0 Å². The van der Waals surface area contributed by atoms with Gasteiger partial charge in [-0.3, -0.25) is 5.43 Å². The lowest BCUT2D eigenvalue weighted by Gasteiger charge is -2.05. The van der Waals surface area contributed by atoms with E-state index < -0.39 is 0 Å². The minimum atomic E-state index is 0.799. The highest BCUT2D eigenvalue weighted by Gasteiger charge is 2.13. The molecule has 0 spiro atoms. The van der Waals surface area contributed by atoms with Crippen LogP contribution in [0.3, 0.4) is 0 Å². The Bertz CT molecular complexity index is 299. The molecule has 2 rings (SSSR count). The fourth-order valence-corrected chi connectivity index (χ4v) is 1.25. The second-order valence-electron chi connectivity index (χ2n) is 2.34. The van der Waals surface area contributed by atoms with Crippen molar-refractivity contribution in [3.8, 4) is 0 Å². The van der Waals surface area contributed by atoms with Gasteiger partial charge in [-0.1, -0.05) is 30.3 Å². The predicted octanol–water partition coefficient (Wildman–Crippen LogP) is 2.05. The maximum atomic E-state index is 5.25. The molecule has 0 fully saturated rings. The maximum absolute atomic E-state index is 5.25. The summed E-state index contributed by atoms with van der Waals surface area (Å²) in [5.74, 6) is 0.799. The van der Waals surface area contributed by atoms with Gasteiger partial charge >= 0.3 is 0 Å². The lowest BCUT2D eigenvalue weighted by molar-refractivity contribution is 0.0173. The first-order valence-corrected chi connectivity index (χ1v) is 4.23. The molecule has 0 saturated carbocycles. The van der Waals surface area contributed by atoms with E-state index in [0.29, 0.717) is 0 Å². The fraction of sp³-hybridized carbons (Fsp3) is 0. The van der Waals surface area contributed by atoms with Gasteiger partial charge in [0, 0.05) is 9.76 Å². The molecule has 1 aromatic rings. The molecule has 3 nitrogen and oxygen atoms in total. The van der Waals surface area contributed by atoms with Crippen LogP contribution in [0.4, 0.5) is 0 Å². The normalized spacial score (nSPS) is 16.6. The van der Waals surface area contributed by atoms with Gasteiger partial charge in [-0.05, 0) is 0 Å². The van der Waals surface area contributed by atoms with Crippen molar-refractivity contribution in [3.63, 3.8) is 0 Å². The molecule has 4 heteroatoms. The van der Waals surface area contributed by atoms with Crippen LogP contribution < -0.4 is 5.43 Å². The smallest absolute Gasteiger partial charge is 0.175 e. The van der Waals surface area contributed by atoms with Crippen LogP contribution in [-0.2, 0) is 4.84 Å². The van der Waals surface area contributed by atoms with Crippen LogP contribution in [0.25, 0.3) is 5.76 Å². The number of rotatable bonds is 1. The molecule has 0 aliphatic carbocycles. The zero-order valence-corrected chi connectivity index (χ0v) is 7.78. The molecule has 0 aromatic heterocycles. The molecule has 0 bridgehead atoms. The molecule has 1 aromatic carbocycles. The summed E-state index contributed by atoms with van der Waals surface area (Å²) in [5.41, 5.74) is 3.88. The lowest BCUT2D eigenvalue weighted by Crippen LogP contribution is -2.15. The van der Waals surface area contributed by atoms with Gasteiger partial charge in [0.1, 0.15) is 0 Å². The zero-order chi connectivity index (χ0) is 8.39. The summed E-state index contributed by atoms with van der Waals surface area (Å²) in [5, 5.41) is 0. The van der Waals surface area contributed by atoms with E-state index in [0.717, 1.165) is 11.3 Å². The second kappa shape index (κ2) is 3.16. The Balaban J connectivity index is 2.22. The van der Waals surface area contributed by atoms with Gasteiger partial charge in [0.2, 0.25) is 0 Å². The molecule has 1 aliphatic rings. The van der Waals surface area contributed by atoms with Crippen molar-refractivity contribution >= 4 is 21.9 Å². The Kier molecular flexibility index (Phi) is 2.01. The Morgan fingerprint density at radius 1 is 1.25 bits per heavy atom. The van der Waals surface area contributed by atoms with E-state index in [2.05, 4.69) is 21.6 Å². The standard InChI is InChI=1S/C8H7BrN2O/c9-11-10-6-8(12-11)7-4-2-1-3-5-7/h1-6,10H. The molecule has 1 aliphatic heterocycles. The number of hydrogen-bond acceptors (Lipinski definition) is 3. The molecular weight excluding hydrogens is 220 g/mol. The van der Waals surface area contributed by atoms with Crippen molar-refractivity contribution in [1.29, 1.82) is 0 Å². The Labute approximate surface area is 78.9 Å².